The van der Waals surface area contributed by atoms with Crippen molar-refractivity contribution >= 4 is 16.6 Å². The van der Waals surface area contributed by atoms with E-state index in [2.05, 4.69) is 37.3 Å². The lowest BCUT2D eigenvalue weighted by Gasteiger charge is -2.07. The van der Waals surface area contributed by atoms with Gasteiger partial charge in [0.2, 0.25) is 0 Å². The van der Waals surface area contributed by atoms with Crippen molar-refractivity contribution in [1.82, 2.24) is 0 Å². The first-order chi connectivity index (χ1) is 10.3. The van der Waals surface area contributed by atoms with Gasteiger partial charge in [-0.2, -0.15) is 0 Å². The number of fused-ring (bicyclic) bond motifs is 1. The van der Waals surface area contributed by atoms with Crippen LogP contribution in [0.4, 0.5) is 0 Å². The van der Waals surface area contributed by atoms with Gasteiger partial charge in [-0.1, -0.05) is 73.7 Å². The molecule has 0 aliphatic heterocycles. The Morgan fingerprint density at radius 1 is 0.857 bits per heavy atom. The maximum Gasteiger partial charge on any atom is 0.167 e. The van der Waals surface area contributed by atoms with Crippen molar-refractivity contribution in [2.45, 2.75) is 19.8 Å². The maximum absolute atomic E-state index is 12.5. The molecule has 0 saturated carbocycles. The second kappa shape index (κ2) is 5.92. The zero-order valence-corrected chi connectivity index (χ0v) is 12.2. The van der Waals surface area contributed by atoms with Gasteiger partial charge in [0, 0.05) is 12.0 Å². The predicted molar refractivity (Wildman–Crippen MR) is 87.8 cm³/mol. The highest BCUT2D eigenvalue weighted by molar-refractivity contribution is 5.99. The summed E-state index contributed by atoms with van der Waals surface area (Å²) in [5, 5.41) is 2.40. The molecular weight excluding hydrogens is 256 g/mol. The standard InChI is InChI=1S/C20H18O/c1-2-16-7-5-6-10-19(16)20(21)14-15-11-12-17-8-3-4-9-18(17)13-15/h3-13H,2,14H2,1H3. The monoisotopic (exact) mass is 274 g/mol. The van der Waals surface area contributed by atoms with Crippen molar-refractivity contribution in [3.63, 3.8) is 0 Å². The Hall–Kier alpha value is -2.41. The van der Waals surface area contributed by atoms with E-state index in [4.69, 9.17) is 0 Å². The lowest BCUT2D eigenvalue weighted by Crippen LogP contribution is -2.06. The van der Waals surface area contributed by atoms with E-state index in [0.29, 0.717) is 6.42 Å². The first-order valence-electron chi connectivity index (χ1n) is 7.36. The van der Waals surface area contributed by atoms with Gasteiger partial charge in [-0.05, 0) is 28.3 Å². The van der Waals surface area contributed by atoms with Gasteiger partial charge in [0.05, 0.1) is 0 Å². The second-order valence-corrected chi connectivity index (χ2v) is 5.29. The molecule has 0 unspecified atom stereocenters. The van der Waals surface area contributed by atoms with E-state index in [-0.39, 0.29) is 5.78 Å². The quantitative estimate of drug-likeness (QED) is 0.623. The molecule has 0 aliphatic carbocycles. The third-order valence-electron chi connectivity index (χ3n) is 3.88. The summed E-state index contributed by atoms with van der Waals surface area (Å²) in [6, 6.07) is 22.4. The molecule has 0 N–H and O–H groups in total. The number of rotatable bonds is 4. The van der Waals surface area contributed by atoms with Gasteiger partial charge in [-0.3, -0.25) is 4.79 Å². The normalized spacial score (nSPS) is 10.7. The van der Waals surface area contributed by atoms with Crippen molar-refractivity contribution in [2.75, 3.05) is 0 Å². The number of hydrogen-bond donors (Lipinski definition) is 0. The molecule has 21 heavy (non-hydrogen) atoms. The highest BCUT2D eigenvalue weighted by atomic mass is 16.1. The zero-order chi connectivity index (χ0) is 14.7. The lowest BCUT2D eigenvalue weighted by molar-refractivity contribution is 0.0992. The Morgan fingerprint density at radius 3 is 2.38 bits per heavy atom. The fraction of sp³-hybridized carbons (Fsp3) is 0.150. The number of benzene rings is 3. The number of Topliss-reactive ketones (excluding diaryl/α,β-unsaturated/α-hetero) is 1. The van der Waals surface area contributed by atoms with Crippen LogP contribution >= 0.6 is 0 Å². The third-order valence-corrected chi connectivity index (χ3v) is 3.88. The molecule has 0 heterocycles. The zero-order valence-electron chi connectivity index (χ0n) is 12.2. The highest BCUT2D eigenvalue weighted by Crippen LogP contribution is 2.18. The second-order valence-electron chi connectivity index (χ2n) is 5.29. The van der Waals surface area contributed by atoms with Crippen LogP contribution in [0.5, 0.6) is 0 Å². The number of ketones is 1. The Labute approximate surface area is 125 Å². The van der Waals surface area contributed by atoms with E-state index in [9.17, 15) is 4.79 Å². The lowest BCUT2D eigenvalue weighted by atomic mass is 9.96. The smallest absolute Gasteiger partial charge is 0.167 e. The largest absolute Gasteiger partial charge is 0.294 e. The minimum absolute atomic E-state index is 0.197. The number of hydrogen-bond acceptors (Lipinski definition) is 1. The van der Waals surface area contributed by atoms with Crippen molar-refractivity contribution in [2.24, 2.45) is 0 Å². The van der Waals surface area contributed by atoms with Gasteiger partial charge < -0.3 is 0 Å². The van der Waals surface area contributed by atoms with Crippen LogP contribution in [0.15, 0.2) is 66.7 Å². The van der Waals surface area contributed by atoms with Gasteiger partial charge in [0.1, 0.15) is 0 Å². The summed E-state index contributed by atoms with van der Waals surface area (Å²) in [6.07, 6.45) is 1.35. The van der Waals surface area contributed by atoms with Crippen LogP contribution in [0.25, 0.3) is 10.8 Å². The van der Waals surface area contributed by atoms with Gasteiger partial charge >= 0.3 is 0 Å². The van der Waals surface area contributed by atoms with E-state index in [1.807, 2.05) is 36.4 Å². The molecule has 0 saturated heterocycles. The summed E-state index contributed by atoms with van der Waals surface area (Å²) in [5.74, 6) is 0.197. The molecule has 0 atom stereocenters. The first-order valence-corrected chi connectivity index (χ1v) is 7.36. The SMILES string of the molecule is CCc1ccccc1C(=O)Cc1ccc2ccccc2c1. The minimum atomic E-state index is 0.197. The number of carbonyl (C=O) groups excluding carboxylic acids is 1. The van der Waals surface area contributed by atoms with Crippen molar-refractivity contribution in [1.29, 1.82) is 0 Å². The fourth-order valence-corrected chi connectivity index (χ4v) is 2.73. The molecule has 1 nitrogen and oxygen atoms in total. The van der Waals surface area contributed by atoms with E-state index in [0.717, 1.165) is 23.1 Å². The van der Waals surface area contributed by atoms with Gasteiger partial charge in [0.25, 0.3) is 0 Å². The molecule has 3 aromatic rings. The molecule has 1 heteroatoms. The van der Waals surface area contributed by atoms with Gasteiger partial charge in [0.15, 0.2) is 5.78 Å². The summed E-state index contributed by atoms with van der Waals surface area (Å²) in [4.78, 5) is 12.5. The molecule has 3 rings (SSSR count). The average Bonchev–Trinajstić information content (AvgIpc) is 2.54. The topological polar surface area (TPSA) is 17.1 Å². The van der Waals surface area contributed by atoms with Crippen LogP contribution < -0.4 is 0 Å². The van der Waals surface area contributed by atoms with E-state index in [1.165, 1.54) is 10.8 Å². The Balaban J connectivity index is 1.89. The Kier molecular flexibility index (Phi) is 3.83. The summed E-state index contributed by atoms with van der Waals surface area (Å²) >= 11 is 0. The van der Waals surface area contributed by atoms with Crippen LogP contribution in [0.1, 0.15) is 28.4 Å². The minimum Gasteiger partial charge on any atom is -0.294 e. The van der Waals surface area contributed by atoms with Crippen LogP contribution in [-0.4, -0.2) is 5.78 Å². The molecule has 0 bridgehead atoms. The van der Waals surface area contributed by atoms with E-state index in [1.54, 1.807) is 0 Å². The highest BCUT2D eigenvalue weighted by Gasteiger charge is 2.10. The van der Waals surface area contributed by atoms with E-state index < -0.39 is 0 Å². The van der Waals surface area contributed by atoms with Crippen LogP contribution in [0.2, 0.25) is 0 Å². The average molecular weight is 274 g/mol. The molecule has 3 aromatic carbocycles. The number of carbonyl (C=O) groups is 1. The fourth-order valence-electron chi connectivity index (χ4n) is 2.73. The van der Waals surface area contributed by atoms with Gasteiger partial charge in [-0.25, -0.2) is 0 Å². The van der Waals surface area contributed by atoms with E-state index >= 15 is 0 Å². The molecule has 0 fully saturated rings. The van der Waals surface area contributed by atoms with Gasteiger partial charge in [-0.15, -0.1) is 0 Å². The van der Waals surface area contributed by atoms with Crippen LogP contribution in [0.3, 0.4) is 0 Å². The predicted octanol–water partition coefficient (Wildman–Crippen LogP) is 4.83. The molecule has 0 aliphatic rings. The summed E-state index contributed by atoms with van der Waals surface area (Å²) in [6.45, 7) is 2.09. The Bertz CT molecular complexity index is 786. The molecule has 0 aromatic heterocycles. The summed E-state index contributed by atoms with van der Waals surface area (Å²) in [5.41, 5.74) is 3.06. The molecule has 0 spiro atoms. The molecule has 0 radical (unpaired) electrons. The molecular formula is C20H18O. The van der Waals surface area contributed by atoms with Crippen molar-refractivity contribution in [3.8, 4) is 0 Å². The summed E-state index contributed by atoms with van der Waals surface area (Å²) in [7, 11) is 0. The first kappa shape index (κ1) is 13.6. The molecule has 104 valence electrons. The molecule has 0 amide bonds. The summed E-state index contributed by atoms with van der Waals surface area (Å²) < 4.78 is 0. The van der Waals surface area contributed by atoms with Crippen LogP contribution in [-0.2, 0) is 12.8 Å². The van der Waals surface area contributed by atoms with Crippen molar-refractivity contribution < 1.29 is 4.79 Å². The van der Waals surface area contributed by atoms with Crippen molar-refractivity contribution in [3.05, 3.63) is 83.4 Å². The Morgan fingerprint density at radius 2 is 1.57 bits per heavy atom. The number of aryl methyl sites for hydroxylation is 1. The maximum atomic E-state index is 12.5. The third kappa shape index (κ3) is 2.87. The van der Waals surface area contributed by atoms with Crippen LogP contribution in [0, 0.1) is 0 Å².